The summed E-state index contributed by atoms with van der Waals surface area (Å²) in [7, 11) is 0. The summed E-state index contributed by atoms with van der Waals surface area (Å²) in [5.41, 5.74) is 0.969. The molecule has 2 amide bonds. The highest BCUT2D eigenvalue weighted by Crippen LogP contribution is 2.40. The number of hydrogen-bond donors (Lipinski definition) is 1. The highest BCUT2D eigenvalue weighted by Gasteiger charge is 2.49. The van der Waals surface area contributed by atoms with E-state index in [0.29, 0.717) is 26.1 Å². The SMILES string of the molecule is C=CCNC(=O)C1CC1C(=O)N1CCN(c2ccc(F)cc2)CC1. The molecule has 1 saturated heterocycles. The summed E-state index contributed by atoms with van der Waals surface area (Å²) in [4.78, 5) is 28.3. The molecule has 1 saturated carbocycles. The van der Waals surface area contributed by atoms with E-state index < -0.39 is 0 Å². The van der Waals surface area contributed by atoms with Gasteiger partial charge in [0.25, 0.3) is 0 Å². The van der Waals surface area contributed by atoms with E-state index in [4.69, 9.17) is 0 Å². The van der Waals surface area contributed by atoms with Crippen molar-refractivity contribution in [3.05, 3.63) is 42.7 Å². The van der Waals surface area contributed by atoms with E-state index >= 15 is 0 Å². The quantitative estimate of drug-likeness (QED) is 0.830. The average molecular weight is 331 g/mol. The van der Waals surface area contributed by atoms with Gasteiger partial charge in [0.2, 0.25) is 11.8 Å². The smallest absolute Gasteiger partial charge is 0.226 e. The van der Waals surface area contributed by atoms with Crippen LogP contribution in [0.2, 0.25) is 0 Å². The van der Waals surface area contributed by atoms with Crippen molar-refractivity contribution in [1.82, 2.24) is 10.2 Å². The number of halogens is 1. The Morgan fingerprint density at radius 1 is 1.17 bits per heavy atom. The first-order valence-electron chi connectivity index (χ1n) is 8.28. The molecule has 0 radical (unpaired) electrons. The summed E-state index contributed by atoms with van der Waals surface area (Å²) in [5.74, 6) is -0.590. The fourth-order valence-corrected chi connectivity index (χ4v) is 3.13. The van der Waals surface area contributed by atoms with Crippen LogP contribution >= 0.6 is 0 Å². The normalized spacial score (nSPS) is 22.9. The Hall–Kier alpha value is -2.37. The first-order valence-corrected chi connectivity index (χ1v) is 8.28. The highest BCUT2D eigenvalue weighted by molar-refractivity contribution is 5.92. The van der Waals surface area contributed by atoms with Crippen LogP contribution in [0, 0.1) is 17.7 Å². The van der Waals surface area contributed by atoms with E-state index in [1.165, 1.54) is 12.1 Å². The Kier molecular flexibility index (Phi) is 4.83. The van der Waals surface area contributed by atoms with Gasteiger partial charge in [0.05, 0.1) is 11.8 Å². The number of hydrogen-bond acceptors (Lipinski definition) is 3. The minimum atomic E-state index is -0.248. The summed E-state index contributed by atoms with van der Waals surface area (Å²) in [5, 5.41) is 2.75. The van der Waals surface area contributed by atoms with Gasteiger partial charge < -0.3 is 15.1 Å². The van der Waals surface area contributed by atoms with Crippen LogP contribution in [0.1, 0.15) is 6.42 Å². The molecule has 1 aliphatic carbocycles. The zero-order valence-corrected chi connectivity index (χ0v) is 13.6. The Morgan fingerprint density at radius 2 is 1.83 bits per heavy atom. The lowest BCUT2D eigenvalue weighted by molar-refractivity contribution is -0.135. The van der Waals surface area contributed by atoms with E-state index in [-0.39, 0.29) is 29.5 Å². The van der Waals surface area contributed by atoms with Crippen molar-refractivity contribution < 1.29 is 14.0 Å². The Bertz CT molecular complexity index is 624. The van der Waals surface area contributed by atoms with Gasteiger partial charge in [-0.3, -0.25) is 9.59 Å². The molecule has 1 N–H and O–H groups in total. The first-order chi connectivity index (χ1) is 11.6. The number of rotatable bonds is 5. The fourth-order valence-electron chi connectivity index (χ4n) is 3.13. The van der Waals surface area contributed by atoms with Crippen LogP contribution in [-0.2, 0) is 9.59 Å². The third-order valence-corrected chi connectivity index (χ3v) is 4.65. The molecule has 0 bridgehead atoms. The Labute approximate surface area is 141 Å². The summed E-state index contributed by atoms with van der Waals surface area (Å²) in [6.45, 7) is 6.70. The van der Waals surface area contributed by atoms with Crippen molar-refractivity contribution >= 4 is 17.5 Å². The van der Waals surface area contributed by atoms with Crippen molar-refractivity contribution in [1.29, 1.82) is 0 Å². The number of amides is 2. The van der Waals surface area contributed by atoms with E-state index in [9.17, 15) is 14.0 Å². The van der Waals surface area contributed by atoms with Gasteiger partial charge in [-0.15, -0.1) is 6.58 Å². The number of piperazine rings is 1. The summed E-state index contributed by atoms with van der Waals surface area (Å²) in [6.07, 6.45) is 2.27. The second-order valence-corrected chi connectivity index (χ2v) is 6.27. The maximum absolute atomic E-state index is 13.0. The molecule has 2 aliphatic rings. The minimum absolute atomic E-state index is 0.0572. The van der Waals surface area contributed by atoms with Crippen molar-refractivity contribution in [2.24, 2.45) is 11.8 Å². The monoisotopic (exact) mass is 331 g/mol. The lowest BCUT2D eigenvalue weighted by Gasteiger charge is -2.36. The van der Waals surface area contributed by atoms with Gasteiger partial charge >= 0.3 is 0 Å². The largest absolute Gasteiger partial charge is 0.368 e. The van der Waals surface area contributed by atoms with Gasteiger partial charge in [0.1, 0.15) is 5.82 Å². The molecule has 1 aromatic carbocycles. The molecule has 1 heterocycles. The van der Waals surface area contributed by atoms with Gasteiger partial charge in [0, 0.05) is 38.4 Å². The molecule has 1 aliphatic heterocycles. The Morgan fingerprint density at radius 3 is 2.46 bits per heavy atom. The van der Waals surface area contributed by atoms with Crippen LogP contribution in [0.15, 0.2) is 36.9 Å². The number of nitrogens with zero attached hydrogens (tertiary/aromatic N) is 2. The van der Waals surface area contributed by atoms with Gasteiger partial charge in [-0.25, -0.2) is 4.39 Å². The topological polar surface area (TPSA) is 52.7 Å². The zero-order chi connectivity index (χ0) is 17.1. The molecule has 0 spiro atoms. The van der Waals surface area contributed by atoms with Gasteiger partial charge in [-0.05, 0) is 30.7 Å². The van der Waals surface area contributed by atoms with Gasteiger partial charge in [0.15, 0.2) is 0 Å². The first kappa shape index (κ1) is 16.5. The van der Waals surface area contributed by atoms with Crippen LogP contribution < -0.4 is 10.2 Å². The van der Waals surface area contributed by atoms with Crippen molar-refractivity contribution in [2.45, 2.75) is 6.42 Å². The molecular formula is C18H22FN3O2. The van der Waals surface area contributed by atoms with Gasteiger partial charge in [-0.2, -0.15) is 0 Å². The lowest BCUT2D eigenvalue weighted by Crippen LogP contribution is -2.49. The second kappa shape index (κ2) is 7.03. The van der Waals surface area contributed by atoms with Crippen molar-refractivity contribution in [2.75, 3.05) is 37.6 Å². The number of carbonyl (C=O) groups is 2. The van der Waals surface area contributed by atoms with Crippen LogP contribution in [0.4, 0.5) is 10.1 Å². The molecular weight excluding hydrogens is 309 g/mol. The van der Waals surface area contributed by atoms with Crippen LogP contribution in [-0.4, -0.2) is 49.4 Å². The predicted molar refractivity (Wildman–Crippen MR) is 90.0 cm³/mol. The molecule has 0 aromatic heterocycles. The third-order valence-electron chi connectivity index (χ3n) is 4.65. The van der Waals surface area contributed by atoms with E-state index in [1.807, 2.05) is 4.90 Å². The number of carbonyl (C=O) groups excluding carboxylic acids is 2. The lowest BCUT2D eigenvalue weighted by atomic mass is 10.2. The van der Waals surface area contributed by atoms with Crippen LogP contribution in [0.3, 0.4) is 0 Å². The molecule has 3 rings (SSSR count). The van der Waals surface area contributed by atoms with E-state index in [0.717, 1.165) is 18.8 Å². The van der Waals surface area contributed by atoms with Crippen LogP contribution in [0.5, 0.6) is 0 Å². The summed E-state index contributed by atoms with van der Waals surface area (Å²) < 4.78 is 13.0. The van der Waals surface area contributed by atoms with Crippen molar-refractivity contribution in [3.8, 4) is 0 Å². The summed E-state index contributed by atoms with van der Waals surface area (Å²) in [6, 6.07) is 6.41. The molecule has 128 valence electrons. The molecule has 1 aromatic rings. The van der Waals surface area contributed by atoms with Crippen LogP contribution in [0.25, 0.3) is 0 Å². The second-order valence-electron chi connectivity index (χ2n) is 6.27. The number of nitrogens with one attached hydrogen (secondary N) is 1. The highest BCUT2D eigenvalue weighted by atomic mass is 19.1. The Balaban J connectivity index is 1.48. The fraction of sp³-hybridized carbons (Fsp3) is 0.444. The molecule has 24 heavy (non-hydrogen) atoms. The predicted octanol–water partition coefficient (Wildman–Crippen LogP) is 1.41. The average Bonchev–Trinajstić information content (AvgIpc) is 3.41. The maximum atomic E-state index is 13.0. The molecule has 5 nitrogen and oxygen atoms in total. The minimum Gasteiger partial charge on any atom is -0.368 e. The maximum Gasteiger partial charge on any atom is 0.226 e. The summed E-state index contributed by atoms with van der Waals surface area (Å²) >= 11 is 0. The van der Waals surface area contributed by atoms with E-state index in [2.05, 4.69) is 16.8 Å². The zero-order valence-electron chi connectivity index (χ0n) is 13.6. The molecule has 2 atom stereocenters. The van der Waals surface area contributed by atoms with Gasteiger partial charge in [-0.1, -0.05) is 6.08 Å². The molecule has 6 heteroatoms. The number of benzene rings is 1. The van der Waals surface area contributed by atoms with E-state index in [1.54, 1.807) is 18.2 Å². The van der Waals surface area contributed by atoms with Crippen molar-refractivity contribution in [3.63, 3.8) is 0 Å². The third kappa shape index (κ3) is 3.58. The number of anilines is 1. The molecule has 2 fully saturated rings. The standard InChI is InChI=1S/C18H22FN3O2/c1-2-7-20-17(23)15-12-16(15)18(24)22-10-8-21(9-11-22)14-5-3-13(19)4-6-14/h2-6,15-16H,1,7-12H2,(H,20,23). The molecule has 2 unspecified atom stereocenters.